The van der Waals surface area contributed by atoms with Crippen molar-refractivity contribution in [1.29, 1.82) is 0 Å². The molecule has 3 aromatic rings. The Balaban J connectivity index is 1.24. The van der Waals surface area contributed by atoms with E-state index in [-0.39, 0.29) is 24.3 Å². The van der Waals surface area contributed by atoms with Crippen LogP contribution in [0.3, 0.4) is 0 Å². The number of carbonyl (C=O) groups excluding carboxylic acids is 2. The monoisotopic (exact) mass is 489 g/mol. The molecule has 0 atom stereocenters. The third-order valence-electron chi connectivity index (χ3n) is 5.42. The molecule has 0 unspecified atom stereocenters. The van der Waals surface area contributed by atoms with Crippen LogP contribution in [0.1, 0.15) is 24.1 Å². The van der Waals surface area contributed by atoms with Crippen LogP contribution >= 0.6 is 34.3 Å². The van der Waals surface area contributed by atoms with Gasteiger partial charge in [-0.15, -0.1) is 22.7 Å². The molecule has 9 heteroatoms. The number of methoxy groups -OCH3 is 1. The van der Waals surface area contributed by atoms with Crippen LogP contribution < -0.4 is 10.1 Å². The van der Waals surface area contributed by atoms with Crippen LogP contribution in [0.4, 0.5) is 0 Å². The number of halogens is 1. The van der Waals surface area contributed by atoms with Crippen molar-refractivity contribution in [3.63, 3.8) is 0 Å². The minimum Gasteiger partial charge on any atom is -0.496 e. The summed E-state index contributed by atoms with van der Waals surface area (Å²) < 4.78 is 6.07. The molecule has 168 valence electrons. The lowest BCUT2D eigenvalue weighted by molar-refractivity contribution is -0.131. The van der Waals surface area contributed by atoms with Gasteiger partial charge < -0.3 is 15.0 Å². The Morgan fingerprint density at radius 2 is 1.97 bits per heavy atom. The second-order valence-electron chi connectivity index (χ2n) is 7.64. The molecule has 0 bridgehead atoms. The first-order valence-corrected chi connectivity index (χ1v) is 12.5. The topological polar surface area (TPSA) is 71.5 Å². The average Bonchev–Trinajstić information content (AvgIpc) is 3.43. The first kappa shape index (κ1) is 22.8. The van der Waals surface area contributed by atoms with Gasteiger partial charge in [0, 0.05) is 30.1 Å². The van der Waals surface area contributed by atoms with E-state index in [1.807, 2.05) is 46.7 Å². The fourth-order valence-corrected chi connectivity index (χ4v) is 5.71. The summed E-state index contributed by atoms with van der Waals surface area (Å²) in [5.41, 5.74) is 1.65. The summed E-state index contributed by atoms with van der Waals surface area (Å²) in [5, 5.41) is 5.90. The van der Waals surface area contributed by atoms with Crippen molar-refractivity contribution in [2.75, 3.05) is 20.2 Å². The first-order chi connectivity index (χ1) is 15.5. The number of benzene rings is 1. The maximum absolute atomic E-state index is 12.7. The number of amides is 2. The second-order valence-corrected chi connectivity index (χ2v) is 10.2. The van der Waals surface area contributed by atoms with Crippen molar-refractivity contribution in [2.24, 2.45) is 0 Å². The third kappa shape index (κ3) is 5.68. The number of nitrogens with zero attached hydrogens (tertiary/aromatic N) is 2. The summed E-state index contributed by atoms with van der Waals surface area (Å²) in [6.07, 6.45) is 2.07. The van der Waals surface area contributed by atoms with E-state index >= 15 is 0 Å². The van der Waals surface area contributed by atoms with Crippen molar-refractivity contribution in [1.82, 2.24) is 15.2 Å². The van der Waals surface area contributed by atoms with Gasteiger partial charge in [0.05, 0.1) is 34.9 Å². The molecule has 2 amide bonds. The molecule has 1 aliphatic rings. The fraction of sp³-hybridized carbons (Fsp3) is 0.348. The number of thiophene rings is 1. The highest BCUT2D eigenvalue weighted by Crippen LogP contribution is 2.33. The minimum absolute atomic E-state index is 0.0372. The largest absolute Gasteiger partial charge is 0.496 e. The highest BCUT2D eigenvalue weighted by Gasteiger charge is 2.24. The summed E-state index contributed by atoms with van der Waals surface area (Å²) in [7, 11) is 1.61. The summed E-state index contributed by atoms with van der Waals surface area (Å²) in [6.45, 7) is 1.28. The van der Waals surface area contributed by atoms with Crippen LogP contribution in [0.15, 0.2) is 41.8 Å². The molecule has 32 heavy (non-hydrogen) atoms. The number of carbonyl (C=O) groups is 2. The molecule has 0 aliphatic carbocycles. The highest BCUT2D eigenvalue weighted by molar-refractivity contribution is 7.23. The normalized spacial score (nSPS) is 14.4. The molecular formula is C23H24ClN3O3S2. The van der Waals surface area contributed by atoms with Crippen molar-refractivity contribution in [3.05, 3.63) is 57.4 Å². The average molecular weight is 490 g/mol. The highest BCUT2D eigenvalue weighted by atomic mass is 35.5. The van der Waals surface area contributed by atoms with Crippen molar-refractivity contribution in [2.45, 2.75) is 31.7 Å². The smallest absolute Gasteiger partial charge is 0.227 e. The standard InChI is InChI=1S/C23H24ClN3O3S2/c1-30-18-5-3-2-4-15(18)12-22(29)27-10-8-16(9-11-27)25-21(28)13-17-14-31-23(26-17)19-6-7-20(24)32-19/h2-7,14,16H,8-13H2,1H3,(H,25,28). The van der Waals surface area contributed by atoms with E-state index in [1.54, 1.807) is 7.11 Å². The zero-order valence-corrected chi connectivity index (χ0v) is 20.1. The van der Waals surface area contributed by atoms with Gasteiger partial charge in [0.1, 0.15) is 10.8 Å². The van der Waals surface area contributed by atoms with Crippen molar-refractivity contribution >= 4 is 46.1 Å². The molecule has 1 saturated heterocycles. The minimum atomic E-state index is -0.0372. The Morgan fingerprint density at radius 1 is 1.19 bits per heavy atom. The molecular weight excluding hydrogens is 466 g/mol. The summed E-state index contributed by atoms with van der Waals surface area (Å²) >= 11 is 8.99. The maximum atomic E-state index is 12.7. The van der Waals surface area contributed by atoms with Gasteiger partial charge >= 0.3 is 0 Å². The quantitative estimate of drug-likeness (QED) is 0.533. The van der Waals surface area contributed by atoms with Gasteiger partial charge in [-0.1, -0.05) is 29.8 Å². The molecule has 0 radical (unpaired) electrons. The summed E-state index contributed by atoms with van der Waals surface area (Å²) in [6, 6.07) is 11.5. The van der Waals surface area contributed by atoms with E-state index in [4.69, 9.17) is 16.3 Å². The van der Waals surface area contributed by atoms with Crippen molar-refractivity contribution < 1.29 is 14.3 Å². The van der Waals surface area contributed by atoms with Gasteiger partial charge in [-0.25, -0.2) is 4.98 Å². The Kier molecular flexibility index (Phi) is 7.44. The maximum Gasteiger partial charge on any atom is 0.227 e. The van der Waals surface area contributed by atoms with E-state index < -0.39 is 0 Å². The molecule has 4 rings (SSSR count). The number of nitrogens with one attached hydrogen (secondary N) is 1. The predicted octanol–water partition coefficient (Wildman–Crippen LogP) is 4.43. The first-order valence-electron chi connectivity index (χ1n) is 10.4. The number of thiazole rings is 1. The lowest BCUT2D eigenvalue weighted by Crippen LogP contribution is -2.47. The molecule has 2 aromatic heterocycles. The summed E-state index contributed by atoms with van der Waals surface area (Å²) in [5.74, 6) is 0.781. The molecule has 1 aromatic carbocycles. The number of para-hydroxylation sites is 1. The van der Waals surface area contributed by atoms with E-state index in [0.29, 0.717) is 19.5 Å². The molecule has 1 fully saturated rings. The molecule has 1 N–H and O–H groups in total. The zero-order chi connectivity index (χ0) is 22.5. The number of aromatic nitrogens is 1. The van der Waals surface area contributed by atoms with Gasteiger partial charge in [0.25, 0.3) is 0 Å². The predicted molar refractivity (Wildman–Crippen MR) is 129 cm³/mol. The van der Waals surface area contributed by atoms with Crippen LogP contribution in [0.2, 0.25) is 4.34 Å². The van der Waals surface area contributed by atoms with Crippen molar-refractivity contribution in [3.8, 4) is 15.6 Å². The van der Waals surface area contributed by atoms with Crippen LogP contribution in [0.25, 0.3) is 9.88 Å². The number of rotatable bonds is 7. The van der Waals surface area contributed by atoms with E-state index in [9.17, 15) is 9.59 Å². The molecule has 1 aliphatic heterocycles. The van der Waals surface area contributed by atoms with Gasteiger partial charge in [-0.3, -0.25) is 9.59 Å². The van der Waals surface area contributed by atoms with E-state index in [0.717, 1.165) is 44.1 Å². The van der Waals surface area contributed by atoms with Gasteiger partial charge in [0.15, 0.2) is 0 Å². The third-order valence-corrected chi connectivity index (χ3v) is 7.72. The molecule has 0 spiro atoms. The SMILES string of the molecule is COc1ccccc1CC(=O)N1CCC(NC(=O)Cc2csc(-c3ccc(Cl)s3)n2)CC1. The Hall–Kier alpha value is -2.42. The van der Waals surface area contributed by atoms with Gasteiger partial charge in [0.2, 0.25) is 11.8 Å². The van der Waals surface area contributed by atoms with Crippen LogP contribution in [-0.2, 0) is 22.4 Å². The lowest BCUT2D eigenvalue weighted by atomic mass is 10.0. The number of piperidine rings is 1. The molecule has 6 nitrogen and oxygen atoms in total. The van der Waals surface area contributed by atoms with E-state index in [2.05, 4.69) is 10.3 Å². The number of hydrogen-bond acceptors (Lipinski definition) is 6. The number of ether oxygens (including phenoxy) is 1. The van der Waals surface area contributed by atoms with Crippen LogP contribution in [0, 0.1) is 0 Å². The fourth-order valence-electron chi connectivity index (χ4n) is 3.77. The Morgan fingerprint density at radius 3 is 2.69 bits per heavy atom. The van der Waals surface area contributed by atoms with Gasteiger partial charge in [-0.2, -0.15) is 0 Å². The van der Waals surface area contributed by atoms with Gasteiger partial charge in [-0.05, 0) is 31.0 Å². The number of likely N-dealkylation sites (tertiary alicyclic amines) is 1. The van der Waals surface area contributed by atoms with Crippen LogP contribution in [-0.4, -0.2) is 47.9 Å². The Labute approximate surface area is 200 Å². The zero-order valence-electron chi connectivity index (χ0n) is 17.7. The number of hydrogen-bond donors (Lipinski definition) is 1. The lowest BCUT2D eigenvalue weighted by Gasteiger charge is -2.32. The molecule has 0 saturated carbocycles. The van der Waals surface area contributed by atoms with E-state index in [1.165, 1.54) is 22.7 Å². The van der Waals surface area contributed by atoms with Crippen LogP contribution in [0.5, 0.6) is 5.75 Å². The molecule has 3 heterocycles. The second kappa shape index (κ2) is 10.5. The Bertz CT molecular complexity index is 1090. The summed E-state index contributed by atoms with van der Waals surface area (Å²) in [4.78, 5) is 32.6.